The predicted molar refractivity (Wildman–Crippen MR) is 77.6 cm³/mol. The minimum absolute atomic E-state index is 0.00877. The molecule has 0 saturated heterocycles. The van der Waals surface area contributed by atoms with Crippen LogP contribution in [0, 0.1) is 34.5 Å². The number of nitriles is 1. The minimum atomic E-state index is -0.190. The van der Waals surface area contributed by atoms with Crippen molar-refractivity contribution in [1.82, 2.24) is 0 Å². The van der Waals surface area contributed by atoms with Gasteiger partial charge < -0.3 is 4.74 Å². The van der Waals surface area contributed by atoms with Crippen LogP contribution in [0.3, 0.4) is 0 Å². The van der Waals surface area contributed by atoms with Crippen molar-refractivity contribution in [3.8, 4) is 6.07 Å². The summed E-state index contributed by atoms with van der Waals surface area (Å²) < 4.78 is 5.68. The molecule has 3 nitrogen and oxygen atoms in total. The van der Waals surface area contributed by atoms with Crippen LogP contribution in [0.15, 0.2) is 11.6 Å². The van der Waals surface area contributed by atoms with E-state index in [1.54, 1.807) is 0 Å². The predicted octanol–water partition coefficient (Wildman–Crippen LogP) is 3.85. The number of nitrogens with zero attached hydrogens (tertiary/aromatic N) is 1. The molecule has 2 aliphatic rings. The van der Waals surface area contributed by atoms with Crippen LogP contribution in [0.2, 0.25) is 0 Å². The molecule has 0 aromatic heterocycles. The molecule has 0 aromatic carbocycles. The number of hydrogen-bond donors (Lipinski definition) is 0. The third kappa shape index (κ3) is 2.90. The normalized spacial score (nSPS) is 34.8. The summed E-state index contributed by atoms with van der Waals surface area (Å²) in [4.78, 5) is 12.4. The van der Waals surface area contributed by atoms with Gasteiger partial charge in [0.25, 0.3) is 0 Å². The molecular formula is C17H25NO2. The highest BCUT2D eigenvalue weighted by Crippen LogP contribution is 2.60. The van der Waals surface area contributed by atoms with Crippen molar-refractivity contribution in [3.05, 3.63) is 11.6 Å². The lowest BCUT2D eigenvalue weighted by molar-refractivity contribution is -0.155. The van der Waals surface area contributed by atoms with E-state index < -0.39 is 0 Å². The first-order valence-electron chi connectivity index (χ1n) is 7.63. The summed E-state index contributed by atoms with van der Waals surface area (Å²) in [6.07, 6.45) is 5.81. The number of allylic oxidation sites excluding steroid dienone is 2. The Morgan fingerprint density at radius 2 is 1.95 bits per heavy atom. The second kappa shape index (κ2) is 5.60. The molecule has 0 amide bonds. The van der Waals surface area contributed by atoms with Crippen LogP contribution in [-0.2, 0) is 9.53 Å². The molecule has 110 valence electrons. The molecule has 2 aliphatic carbocycles. The van der Waals surface area contributed by atoms with Gasteiger partial charge in [-0.05, 0) is 44.4 Å². The first-order chi connectivity index (χ1) is 9.37. The van der Waals surface area contributed by atoms with Gasteiger partial charge in [-0.2, -0.15) is 5.26 Å². The van der Waals surface area contributed by atoms with Crippen LogP contribution in [0.5, 0.6) is 0 Å². The molecule has 0 aromatic rings. The van der Waals surface area contributed by atoms with E-state index in [-0.39, 0.29) is 35.2 Å². The van der Waals surface area contributed by atoms with Gasteiger partial charge in [-0.25, -0.2) is 0 Å². The molecular weight excluding hydrogens is 250 g/mol. The molecule has 0 spiro atoms. The lowest BCUT2D eigenvalue weighted by atomic mass is 9.87. The van der Waals surface area contributed by atoms with E-state index in [1.807, 2.05) is 0 Å². The number of hydrogen-bond acceptors (Lipinski definition) is 3. The summed E-state index contributed by atoms with van der Waals surface area (Å²) in [5.41, 5.74) is 1.23. The summed E-state index contributed by atoms with van der Waals surface area (Å²) in [5.74, 6) is 0.0175. The molecule has 2 fully saturated rings. The maximum absolute atomic E-state index is 12.4. The molecule has 2 saturated carbocycles. The fourth-order valence-corrected chi connectivity index (χ4v) is 3.41. The summed E-state index contributed by atoms with van der Waals surface area (Å²) in [6.45, 7) is 8.35. The molecule has 2 rings (SSSR count). The van der Waals surface area contributed by atoms with Crippen LogP contribution in [0.25, 0.3) is 0 Å². The highest BCUT2D eigenvalue weighted by molar-refractivity contribution is 5.78. The van der Waals surface area contributed by atoms with Crippen molar-refractivity contribution >= 4 is 5.97 Å². The average Bonchev–Trinajstić information content (AvgIpc) is 2.90. The summed E-state index contributed by atoms with van der Waals surface area (Å²) in [6, 6.07) is 2.29. The first-order valence-corrected chi connectivity index (χ1v) is 7.63. The van der Waals surface area contributed by atoms with Gasteiger partial charge in [-0.1, -0.05) is 31.9 Å². The zero-order chi connectivity index (χ0) is 14.9. The smallest absolute Gasteiger partial charge is 0.310 e. The number of ether oxygens (including phenoxy) is 1. The van der Waals surface area contributed by atoms with E-state index in [0.717, 1.165) is 25.7 Å². The largest absolute Gasteiger partial charge is 0.461 e. The Bertz CT molecular complexity index is 454. The number of esters is 1. The number of carbonyl (C=O) groups is 1. The molecule has 0 radical (unpaired) electrons. The van der Waals surface area contributed by atoms with Crippen LogP contribution in [-0.4, -0.2) is 12.1 Å². The molecule has 4 atom stereocenters. The maximum Gasteiger partial charge on any atom is 0.310 e. The lowest BCUT2D eigenvalue weighted by Crippen LogP contribution is -2.30. The third-order valence-electron chi connectivity index (χ3n) is 4.81. The Labute approximate surface area is 122 Å². The van der Waals surface area contributed by atoms with Gasteiger partial charge in [0, 0.05) is 0 Å². The van der Waals surface area contributed by atoms with Gasteiger partial charge in [0.2, 0.25) is 0 Å². The Hall–Kier alpha value is -1.30. The minimum Gasteiger partial charge on any atom is -0.461 e. The van der Waals surface area contributed by atoms with E-state index in [2.05, 4.69) is 39.8 Å². The van der Waals surface area contributed by atoms with Crippen LogP contribution in [0.4, 0.5) is 0 Å². The average molecular weight is 275 g/mol. The zero-order valence-corrected chi connectivity index (χ0v) is 13.0. The van der Waals surface area contributed by atoms with Gasteiger partial charge in [0.15, 0.2) is 0 Å². The SMILES string of the molecule is CC(C)=C[C@@H]1[C@H](C(=O)O[C@H]2CCCC[C@H]2C#N)C1(C)C. The molecule has 0 N–H and O–H groups in total. The topological polar surface area (TPSA) is 50.1 Å². The van der Waals surface area contributed by atoms with Crippen LogP contribution in [0.1, 0.15) is 53.4 Å². The highest BCUT2D eigenvalue weighted by Gasteiger charge is 2.61. The fraction of sp³-hybridized carbons (Fsp3) is 0.765. The molecule has 0 heterocycles. The Balaban J connectivity index is 1.99. The number of carbonyl (C=O) groups excluding carboxylic acids is 1. The molecule has 3 heteroatoms. The summed E-state index contributed by atoms with van der Waals surface area (Å²) >= 11 is 0. The van der Waals surface area contributed by atoms with Gasteiger partial charge in [0.1, 0.15) is 6.10 Å². The van der Waals surface area contributed by atoms with Crippen LogP contribution >= 0.6 is 0 Å². The zero-order valence-electron chi connectivity index (χ0n) is 13.0. The van der Waals surface area contributed by atoms with Gasteiger partial charge in [-0.15, -0.1) is 0 Å². The van der Waals surface area contributed by atoms with Gasteiger partial charge in [-0.3, -0.25) is 4.79 Å². The van der Waals surface area contributed by atoms with Crippen molar-refractivity contribution in [3.63, 3.8) is 0 Å². The second-order valence-electron chi connectivity index (χ2n) is 7.06. The molecule has 20 heavy (non-hydrogen) atoms. The monoisotopic (exact) mass is 275 g/mol. The Morgan fingerprint density at radius 3 is 2.55 bits per heavy atom. The maximum atomic E-state index is 12.4. The van der Waals surface area contributed by atoms with E-state index in [4.69, 9.17) is 10.00 Å². The summed E-state index contributed by atoms with van der Waals surface area (Å²) in [5, 5.41) is 9.15. The molecule has 0 unspecified atom stereocenters. The van der Waals surface area contributed by atoms with Crippen molar-refractivity contribution < 1.29 is 9.53 Å². The second-order valence-corrected chi connectivity index (χ2v) is 7.06. The first kappa shape index (κ1) is 15.1. The molecule has 0 bridgehead atoms. The van der Waals surface area contributed by atoms with Gasteiger partial charge in [0.05, 0.1) is 17.9 Å². The highest BCUT2D eigenvalue weighted by atomic mass is 16.5. The van der Waals surface area contributed by atoms with Gasteiger partial charge >= 0.3 is 5.97 Å². The van der Waals surface area contributed by atoms with Crippen molar-refractivity contribution in [1.29, 1.82) is 5.26 Å². The molecule has 0 aliphatic heterocycles. The number of rotatable bonds is 3. The Kier molecular flexibility index (Phi) is 4.22. The van der Waals surface area contributed by atoms with Crippen LogP contribution < -0.4 is 0 Å². The lowest BCUT2D eigenvalue weighted by Gasteiger charge is -2.26. The van der Waals surface area contributed by atoms with Crippen molar-refractivity contribution in [2.45, 2.75) is 59.5 Å². The van der Waals surface area contributed by atoms with E-state index in [1.165, 1.54) is 5.57 Å². The standard InChI is InChI=1S/C17H25NO2/c1-11(2)9-13-15(17(13,3)4)16(19)20-14-8-6-5-7-12(14)10-18/h9,12-15H,5-8H2,1-4H3/t12-,13+,14-,15+/m0/s1. The van der Waals surface area contributed by atoms with E-state index in [0.29, 0.717) is 0 Å². The van der Waals surface area contributed by atoms with Crippen molar-refractivity contribution in [2.75, 3.05) is 0 Å². The fourth-order valence-electron chi connectivity index (χ4n) is 3.41. The summed E-state index contributed by atoms with van der Waals surface area (Å²) in [7, 11) is 0. The van der Waals surface area contributed by atoms with E-state index >= 15 is 0 Å². The Morgan fingerprint density at radius 1 is 1.30 bits per heavy atom. The van der Waals surface area contributed by atoms with E-state index in [9.17, 15) is 4.79 Å². The third-order valence-corrected chi connectivity index (χ3v) is 4.81. The van der Waals surface area contributed by atoms with Crippen molar-refractivity contribution in [2.24, 2.45) is 23.2 Å². The quantitative estimate of drug-likeness (QED) is 0.580.